The van der Waals surface area contributed by atoms with E-state index in [9.17, 15) is 9.59 Å². The maximum absolute atomic E-state index is 11.8. The van der Waals surface area contributed by atoms with Gasteiger partial charge in [-0.05, 0) is 37.0 Å². The Morgan fingerprint density at radius 1 is 1.14 bits per heavy atom. The second kappa shape index (κ2) is 9.94. The third kappa shape index (κ3) is 6.90. The molecule has 0 aliphatic heterocycles. The van der Waals surface area contributed by atoms with Crippen molar-refractivity contribution in [2.45, 2.75) is 32.1 Å². The quantitative estimate of drug-likeness (QED) is 0.536. The van der Waals surface area contributed by atoms with Crippen molar-refractivity contribution in [1.29, 1.82) is 0 Å². The molecule has 116 valence electrons. The van der Waals surface area contributed by atoms with Crippen molar-refractivity contribution in [1.82, 2.24) is 5.32 Å². The predicted molar refractivity (Wildman–Crippen MR) is 80.0 cm³/mol. The SMILES string of the molecule is COC(=O)CCNC(=O)c1ccc(CCCCCO)cc1. The van der Waals surface area contributed by atoms with Crippen molar-refractivity contribution in [3.8, 4) is 0 Å². The topological polar surface area (TPSA) is 75.6 Å². The average Bonchev–Trinajstić information content (AvgIpc) is 2.51. The summed E-state index contributed by atoms with van der Waals surface area (Å²) in [4.78, 5) is 22.8. The van der Waals surface area contributed by atoms with Gasteiger partial charge in [0.1, 0.15) is 0 Å². The van der Waals surface area contributed by atoms with Gasteiger partial charge in [-0.2, -0.15) is 0 Å². The van der Waals surface area contributed by atoms with Crippen molar-refractivity contribution in [2.24, 2.45) is 0 Å². The fraction of sp³-hybridized carbons (Fsp3) is 0.500. The predicted octanol–water partition coefficient (Wildman–Crippen LogP) is 1.68. The number of amides is 1. The fourth-order valence-electron chi connectivity index (χ4n) is 1.92. The minimum Gasteiger partial charge on any atom is -0.469 e. The van der Waals surface area contributed by atoms with Crippen molar-refractivity contribution in [3.05, 3.63) is 35.4 Å². The van der Waals surface area contributed by atoms with Gasteiger partial charge in [0.2, 0.25) is 0 Å². The van der Waals surface area contributed by atoms with Crippen LogP contribution in [0.15, 0.2) is 24.3 Å². The Bertz CT molecular complexity index is 442. The lowest BCUT2D eigenvalue weighted by atomic mass is 10.0. The maximum Gasteiger partial charge on any atom is 0.307 e. The van der Waals surface area contributed by atoms with Gasteiger partial charge in [0.25, 0.3) is 5.91 Å². The van der Waals surface area contributed by atoms with Gasteiger partial charge >= 0.3 is 5.97 Å². The Morgan fingerprint density at radius 3 is 2.48 bits per heavy atom. The molecule has 0 aromatic heterocycles. The van der Waals surface area contributed by atoms with E-state index in [1.165, 1.54) is 12.7 Å². The number of benzene rings is 1. The first-order valence-electron chi connectivity index (χ1n) is 7.22. The summed E-state index contributed by atoms with van der Waals surface area (Å²) in [5.41, 5.74) is 1.76. The van der Waals surface area contributed by atoms with E-state index in [-0.39, 0.29) is 31.4 Å². The summed E-state index contributed by atoms with van der Waals surface area (Å²) < 4.78 is 4.50. The molecule has 0 bridgehead atoms. The van der Waals surface area contributed by atoms with Gasteiger partial charge in [-0.1, -0.05) is 18.6 Å². The summed E-state index contributed by atoms with van der Waals surface area (Å²) >= 11 is 0. The van der Waals surface area contributed by atoms with E-state index in [2.05, 4.69) is 10.1 Å². The molecule has 0 saturated heterocycles. The summed E-state index contributed by atoms with van der Waals surface area (Å²) in [7, 11) is 1.32. The number of rotatable bonds is 9. The third-order valence-electron chi connectivity index (χ3n) is 3.18. The molecule has 5 heteroatoms. The standard InChI is InChI=1S/C16H23NO4/c1-21-15(19)10-11-17-16(20)14-8-6-13(7-9-14)5-3-2-4-12-18/h6-9,18H,2-5,10-12H2,1H3,(H,17,20). The van der Waals surface area contributed by atoms with Crippen LogP contribution < -0.4 is 5.32 Å². The molecule has 1 amide bonds. The normalized spacial score (nSPS) is 10.2. The molecule has 5 nitrogen and oxygen atoms in total. The molecule has 21 heavy (non-hydrogen) atoms. The summed E-state index contributed by atoms with van der Waals surface area (Å²) in [5.74, 6) is -0.528. The van der Waals surface area contributed by atoms with E-state index < -0.39 is 0 Å². The average molecular weight is 293 g/mol. The van der Waals surface area contributed by atoms with E-state index in [4.69, 9.17) is 5.11 Å². The van der Waals surface area contributed by atoms with Crippen molar-refractivity contribution >= 4 is 11.9 Å². The van der Waals surface area contributed by atoms with Crippen LogP contribution in [0.25, 0.3) is 0 Å². The number of aliphatic hydroxyl groups excluding tert-OH is 1. The van der Waals surface area contributed by atoms with Crippen molar-refractivity contribution < 1.29 is 19.4 Å². The number of ether oxygens (including phenoxy) is 1. The molecule has 1 rings (SSSR count). The lowest BCUT2D eigenvalue weighted by Gasteiger charge is -2.06. The van der Waals surface area contributed by atoms with Crippen LogP contribution in [0.3, 0.4) is 0 Å². The number of carbonyl (C=O) groups is 2. The molecule has 0 aliphatic rings. The van der Waals surface area contributed by atoms with Gasteiger partial charge in [-0.15, -0.1) is 0 Å². The van der Waals surface area contributed by atoms with Crippen LogP contribution in [0.5, 0.6) is 0 Å². The van der Waals surface area contributed by atoms with Crippen LogP contribution in [-0.4, -0.2) is 37.2 Å². The number of hydrogen-bond acceptors (Lipinski definition) is 4. The summed E-state index contributed by atoms with van der Waals surface area (Å²) in [6.07, 6.45) is 3.99. The largest absolute Gasteiger partial charge is 0.469 e. The van der Waals surface area contributed by atoms with Gasteiger partial charge in [0.05, 0.1) is 13.5 Å². The minimum absolute atomic E-state index is 0.172. The van der Waals surface area contributed by atoms with Crippen LogP contribution >= 0.6 is 0 Å². The molecule has 0 atom stereocenters. The number of methoxy groups -OCH3 is 1. The number of hydrogen-bond donors (Lipinski definition) is 2. The number of aryl methyl sites for hydroxylation is 1. The first kappa shape index (κ1) is 17.2. The second-order valence-corrected chi connectivity index (χ2v) is 4.81. The highest BCUT2D eigenvalue weighted by Gasteiger charge is 2.06. The van der Waals surface area contributed by atoms with Crippen molar-refractivity contribution in [2.75, 3.05) is 20.3 Å². The molecular weight excluding hydrogens is 270 g/mol. The van der Waals surface area contributed by atoms with Gasteiger partial charge in [0, 0.05) is 18.7 Å². The van der Waals surface area contributed by atoms with Gasteiger partial charge in [-0.25, -0.2) is 0 Å². The maximum atomic E-state index is 11.8. The molecule has 1 aromatic rings. The Hall–Kier alpha value is -1.88. The Morgan fingerprint density at radius 2 is 1.86 bits per heavy atom. The zero-order valence-electron chi connectivity index (χ0n) is 12.4. The van der Waals surface area contributed by atoms with Gasteiger partial charge in [0.15, 0.2) is 0 Å². The molecule has 1 aromatic carbocycles. The molecule has 0 saturated carbocycles. The van der Waals surface area contributed by atoms with Crippen molar-refractivity contribution in [3.63, 3.8) is 0 Å². The fourth-order valence-corrected chi connectivity index (χ4v) is 1.92. The zero-order valence-corrected chi connectivity index (χ0v) is 12.4. The molecular formula is C16H23NO4. The van der Waals surface area contributed by atoms with E-state index in [0.29, 0.717) is 5.56 Å². The highest BCUT2D eigenvalue weighted by Crippen LogP contribution is 2.09. The Balaban J connectivity index is 2.35. The molecule has 2 N–H and O–H groups in total. The van der Waals surface area contributed by atoms with E-state index >= 15 is 0 Å². The van der Waals surface area contributed by atoms with E-state index in [0.717, 1.165) is 25.7 Å². The highest BCUT2D eigenvalue weighted by molar-refractivity contribution is 5.94. The summed E-state index contributed by atoms with van der Waals surface area (Å²) in [5, 5.41) is 11.4. The number of unbranched alkanes of at least 4 members (excludes halogenated alkanes) is 2. The smallest absolute Gasteiger partial charge is 0.307 e. The zero-order chi connectivity index (χ0) is 15.5. The van der Waals surface area contributed by atoms with Crippen LogP contribution in [0.2, 0.25) is 0 Å². The Labute approximate surface area is 125 Å². The first-order valence-corrected chi connectivity index (χ1v) is 7.22. The Kier molecular flexibility index (Phi) is 8.12. The monoisotopic (exact) mass is 293 g/mol. The molecule has 0 radical (unpaired) electrons. The van der Waals surface area contributed by atoms with E-state index in [1.54, 1.807) is 12.1 Å². The highest BCUT2D eigenvalue weighted by atomic mass is 16.5. The lowest BCUT2D eigenvalue weighted by Crippen LogP contribution is -2.26. The van der Waals surface area contributed by atoms with Crippen LogP contribution in [0, 0.1) is 0 Å². The van der Waals surface area contributed by atoms with Crippen LogP contribution in [0.4, 0.5) is 0 Å². The number of esters is 1. The molecule has 0 aliphatic carbocycles. The lowest BCUT2D eigenvalue weighted by molar-refractivity contribution is -0.140. The third-order valence-corrected chi connectivity index (χ3v) is 3.18. The van der Waals surface area contributed by atoms with Crippen LogP contribution in [0.1, 0.15) is 41.6 Å². The van der Waals surface area contributed by atoms with Gasteiger partial charge in [-0.3, -0.25) is 9.59 Å². The van der Waals surface area contributed by atoms with Crippen LogP contribution in [-0.2, 0) is 16.0 Å². The molecule has 0 heterocycles. The second-order valence-electron chi connectivity index (χ2n) is 4.81. The minimum atomic E-state index is -0.339. The molecule has 0 spiro atoms. The molecule has 0 unspecified atom stereocenters. The first-order chi connectivity index (χ1) is 10.2. The number of aliphatic hydroxyl groups is 1. The molecule has 0 fully saturated rings. The van der Waals surface area contributed by atoms with E-state index in [1.807, 2.05) is 12.1 Å². The number of nitrogens with one attached hydrogen (secondary N) is 1. The van der Waals surface area contributed by atoms with Gasteiger partial charge < -0.3 is 15.2 Å². The summed E-state index contributed by atoms with van der Waals surface area (Å²) in [6, 6.07) is 7.45. The number of carbonyl (C=O) groups excluding carboxylic acids is 2. The summed E-state index contributed by atoms with van der Waals surface area (Å²) in [6.45, 7) is 0.513.